The van der Waals surface area contributed by atoms with Crippen molar-refractivity contribution in [3.63, 3.8) is 0 Å². The summed E-state index contributed by atoms with van der Waals surface area (Å²) in [6.45, 7) is 4.88. The average Bonchev–Trinajstić information content (AvgIpc) is 2.58. The molecule has 1 fully saturated rings. The molecule has 5 nitrogen and oxygen atoms in total. The molecule has 2 heterocycles. The van der Waals surface area contributed by atoms with Crippen molar-refractivity contribution in [1.82, 2.24) is 10.2 Å². The van der Waals surface area contributed by atoms with Crippen LogP contribution >= 0.6 is 12.2 Å². The highest BCUT2D eigenvalue weighted by atomic mass is 32.1. The minimum atomic E-state index is -4.32. The number of nitrogens with one attached hydrogen (secondary N) is 3. The van der Waals surface area contributed by atoms with Crippen LogP contribution in [0.15, 0.2) is 18.3 Å². The Bertz CT molecular complexity index is 554. The first-order chi connectivity index (χ1) is 11.8. The van der Waals surface area contributed by atoms with E-state index in [0.29, 0.717) is 18.9 Å². The maximum Gasteiger partial charge on any atom is 0.419 e. The third-order valence-electron chi connectivity index (χ3n) is 4.16. The number of hydrogen-bond acceptors (Lipinski definition) is 2. The van der Waals surface area contributed by atoms with Gasteiger partial charge >= 0.3 is 6.18 Å². The van der Waals surface area contributed by atoms with Crippen molar-refractivity contribution < 1.29 is 23.1 Å². The van der Waals surface area contributed by atoms with Crippen LogP contribution in [-0.4, -0.2) is 63.4 Å². The van der Waals surface area contributed by atoms with Crippen LogP contribution in [0.3, 0.4) is 0 Å². The fourth-order valence-electron chi connectivity index (χ4n) is 2.69. The number of alkyl halides is 3. The van der Waals surface area contributed by atoms with Gasteiger partial charge in [0.2, 0.25) is 0 Å². The number of aromatic amines is 1. The Hall–Kier alpha value is -1.61. The molecule has 0 aromatic carbocycles. The van der Waals surface area contributed by atoms with Gasteiger partial charge in [0.25, 0.3) is 5.82 Å². The molecule has 1 saturated heterocycles. The summed E-state index contributed by atoms with van der Waals surface area (Å²) in [5, 5.41) is 4.03. The number of anilines is 1. The van der Waals surface area contributed by atoms with Gasteiger partial charge in [-0.3, -0.25) is 4.90 Å². The van der Waals surface area contributed by atoms with Gasteiger partial charge in [-0.25, -0.2) is 4.98 Å². The monoisotopic (exact) mass is 377 g/mol. The van der Waals surface area contributed by atoms with Crippen molar-refractivity contribution in [3.8, 4) is 0 Å². The topological polar surface area (TPSA) is 37.1 Å². The first-order valence-corrected chi connectivity index (χ1v) is 8.84. The Morgan fingerprint density at radius 3 is 2.44 bits per heavy atom. The molecule has 9 heteroatoms. The molecule has 0 saturated carbocycles. The number of thiocarbonyl (C=S) groups is 1. The lowest BCUT2D eigenvalue weighted by molar-refractivity contribution is -0.858. The van der Waals surface area contributed by atoms with Gasteiger partial charge < -0.3 is 15.1 Å². The van der Waals surface area contributed by atoms with E-state index in [9.17, 15) is 13.2 Å². The molecule has 1 aliphatic heterocycles. The second kappa shape index (κ2) is 8.66. The molecule has 140 valence electrons. The summed E-state index contributed by atoms with van der Waals surface area (Å²) in [5.74, 6) is 0.695. The largest absolute Gasteiger partial charge is 0.419 e. The molecule has 1 aromatic heterocycles. The Balaban J connectivity index is 1.78. The van der Waals surface area contributed by atoms with Crippen LogP contribution in [0, 0.1) is 0 Å². The van der Waals surface area contributed by atoms with E-state index < -0.39 is 11.7 Å². The van der Waals surface area contributed by atoms with E-state index in [-0.39, 0.29) is 0 Å². The van der Waals surface area contributed by atoms with Crippen LogP contribution in [-0.2, 0) is 6.18 Å². The van der Waals surface area contributed by atoms with E-state index in [0.717, 1.165) is 50.0 Å². The summed E-state index contributed by atoms with van der Waals surface area (Å²) in [7, 11) is 4.24. The van der Waals surface area contributed by atoms with Gasteiger partial charge in [-0.2, -0.15) is 13.2 Å². The van der Waals surface area contributed by atoms with Crippen LogP contribution in [0.25, 0.3) is 0 Å². The molecule has 1 aromatic rings. The molecule has 2 rings (SSSR count). The van der Waals surface area contributed by atoms with E-state index in [1.165, 1.54) is 11.0 Å². The molecule has 0 atom stereocenters. The second-order valence-corrected chi connectivity index (χ2v) is 6.86. The number of nitrogens with zero attached hydrogens (tertiary/aromatic N) is 2. The van der Waals surface area contributed by atoms with Crippen molar-refractivity contribution in [2.24, 2.45) is 0 Å². The smallest absolute Gasteiger partial charge is 0.362 e. The van der Waals surface area contributed by atoms with Gasteiger partial charge in [-0.15, -0.1) is 0 Å². The standard InChI is InChI=1S/C16H24F3N5S/c1-22(2)7-3-6-20-15(25)24-10-8-23(9-11-24)14-5-4-13(12-21-14)16(17,18)19/h4-5,12H,3,6-11H2,1-2H3,(H,20,25)/p+2. The Kier molecular flexibility index (Phi) is 6.83. The first kappa shape index (κ1) is 19.7. The molecular weight excluding hydrogens is 351 g/mol. The lowest BCUT2D eigenvalue weighted by Gasteiger charge is -2.32. The molecule has 0 spiro atoms. The number of pyridine rings is 1. The molecule has 3 N–H and O–H groups in total. The Labute approximate surface area is 151 Å². The number of halogens is 3. The molecule has 0 radical (unpaired) electrons. The summed E-state index contributed by atoms with van der Waals surface area (Å²) < 4.78 is 37.8. The quantitative estimate of drug-likeness (QED) is 0.562. The highest BCUT2D eigenvalue weighted by Gasteiger charge is 2.32. The lowest BCUT2D eigenvalue weighted by Crippen LogP contribution is -3.05. The molecule has 0 aliphatic carbocycles. The van der Waals surface area contributed by atoms with E-state index >= 15 is 0 Å². The van der Waals surface area contributed by atoms with Gasteiger partial charge in [-0.05, 0) is 18.3 Å². The summed E-state index contributed by atoms with van der Waals surface area (Å²) >= 11 is 5.42. The highest BCUT2D eigenvalue weighted by Crippen LogP contribution is 2.28. The number of aromatic nitrogens is 1. The molecule has 1 aliphatic rings. The van der Waals surface area contributed by atoms with Crippen molar-refractivity contribution in [2.75, 3.05) is 58.3 Å². The number of piperazine rings is 1. The van der Waals surface area contributed by atoms with Crippen LogP contribution in [0.5, 0.6) is 0 Å². The molecule has 25 heavy (non-hydrogen) atoms. The van der Waals surface area contributed by atoms with Gasteiger partial charge in [-0.1, -0.05) is 0 Å². The number of quaternary nitrogens is 1. The maximum absolute atomic E-state index is 12.6. The van der Waals surface area contributed by atoms with Gasteiger partial charge in [0.1, 0.15) is 19.3 Å². The minimum Gasteiger partial charge on any atom is -0.362 e. The zero-order valence-electron chi connectivity index (χ0n) is 14.6. The summed E-state index contributed by atoms with van der Waals surface area (Å²) in [6.07, 6.45) is -2.25. The first-order valence-electron chi connectivity index (χ1n) is 8.43. The van der Waals surface area contributed by atoms with Crippen LogP contribution < -0.4 is 20.1 Å². The predicted molar refractivity (Wildman–Crippen MR) is 94.7 cm³/mol. The number of rotatable bonds is 5. The van der Waals surface area contributed by atoms with Crippen molar-refractivity contribution in [1.29, 1.82) is 0 Å². The van der Waals surface area contributed by atoms with Gasteiger partial charge in [0.15, 0.2) is 5.11 Å². The minimum absolute atomic E-state index is 0.667. The fraction of sp³-hybridized carbons (Fsp3) is 0.625. The van der Waals surface area contributed by atoms with E-state index in [2.05, 4.69) is 29.3 Å². The average molecular weight is 377 g/mol. The Morgan fingerprint density at radius 2 is 1.92 bits per heavy atom. The summed E-state index contributed by atoms with van der Waals surface area (Å²) in [4.78, 5) is 8.30. The van der Waals surface area contributed by atoms with Crippen molar-refractivity contribution in [2.45, 2.75) is 12.6 Å². The predicted octanol–water partition coefficient (Wildman–Crippen LogP) is 0.0506. The maximum atomic E-state index is 12.6. The van der Waals surface area contributed by atoms with Gasteiger partial charge in [0.05, 0.1) is 39.3 Å². The zero-order chi connectivity index (χ0) is 18.4. The zero-order valence-corrected chi connectivity index (χ0v) is 15.4. The Morgan fingerprint density at radius 1 is 1.24 bits per heavy atom. The highest BCUT2D eigenvalue weighted by molar-refractivity contribution is 7.80. The summed E-state index contributed by atoms with van der Waals surface area (Å²) in [5.41, 5.74) is -0.667. The number of H-pyrrole nitrogens is 1. The number of hydrogen-bond donors (Lipinski definition) is 2. The SMILES string of the molecule is C[NH+](C)CCCNC(=S)N1CCN(c2ccc(C(F)(F)F)c[nH+]2)CC1. The summed E-state index contributed by atoms with van der Waals surface area (Å²) in [6, 6.07) is 2.59. The van der Waals surface area contributed by atoms with Crippen molar-refractivity contribution >= 4 is 23.1 Å². The van der Waals surface area contributed by atoms with E-state index in [4.69, 9.17) is 12.2 Å². The van der Waals surface area contributed by atoms with E-state index in [1.54, 1.807) is 0 Å². The van der Waals surface area contributed by atoms with E-state index in [1.807, 2.05) is 4.90 Å². The molecule has 0 amide bonds. The fourth-order valence-corrected chi connectivity index (χ4v) is 2.97. The molecule has 0 unspecified atom stereocenters. The normalized spacial score (nSPS) is 15.6. The second-order valence-electron chi connectivity index (χ2n) is 6.48. The third-order valence-corrected chi connectivity index (χ3v) is 4.56. The van der Waals surface area contributed by atoms with Crippen LogP contribution in [0.2, 0.25) is 0 Å². The van der Waals surface area contributed by atoms with Crippen molar-refractivity contribution in [3.05, 3.63) is 23.9 Å². The van der Waals surface area contributed by atoms with Crippen LogP contribution in [0.1, 0.15) is 12.0 Å². The van der Waals surface area contributed by atoms with Crippen LogP contribution in [0.4, 0.5) is 19.0 Å². The molecular formula is C16H26F3N5S+2. The van der Waals surface area contributed by atoms with Gasteiger partial charge in [0, 0.05) is 19.0 Å². The third kappa shape index (κ3) is 6.00. The lowest BCUT2D eigenvalue weighted by atomic mass is 10.2. The molecule has 0 bridgehead atoms.